The summed E-state index contributed by atoms with van der Waals surface area (Å²) in [5, 5.41) is 5.31. The molecule has 0 saturated carbocycles. The first-order valence-electron chi connectivity index (χ1n) is 7.31. The molecule has 3 rings (SSSR count). The first-order chi connectivity index (χ1) is 9.75. The van der Waals surface area contributed by atoms with Crippen molar-refractivity contribution in [2.75, 3.05) is 11.9 Å². The maximum atomic E-state index is 12.4. The lowest BCUT2D eigenvalue weighted by molar-refractivity contribution is 0.170. The van der Waals surface area contributed by atoms with E-state index >= 15 is 0 Å². The molecule has 104 valence electrons. The van der Waals surface area contributed by atoms with E-state index < -0.39 is 0 Å². The van der Waals surface area contributed by atoms with Gasteiger partial charge in [-0.25, -0.2) is 4.79 Å². The van der Waals surface area contributed by atoms with Gasteiger partial charge < -0.3 is 10.2 Å². The topological polar surface area (TPSA) is 32.3 Å². The number of benzene rings is 2. The van der Waals surface area contributed by atoms with Crippen LogP contribution in [0.2, 0.25) is 0 Å². The molecule has 0 aliphatic carbocycles. The maximum Gasteiger partial charge on any atom is 0.322 e. The minimum absolute atomic E-state index is 0.0218. The molecular formula is C17H20N2O. The molecule has 1 aliphatic heterocycles. The average molecular weight is 268 g/mol. The number of carbonyl (C=O) groups is 1. The number of hydrogen-bond acceptors (Lipinski definition) is 1. The molecule has 3 nitrogen and oxygen atoms in total. The third kappa shape index (κ3) is 2.48. The largest absolute Gasteiger partial charge is 0.322 e. The van der Waals surface area contributed by atoms with E-state index in [1.165, 1.54) is 6.42 Å². The summed E-state index contributed by atoms with van der Waals surface area (Å²) >= 11 is 0. The van der Waals surface area contributed by atoms with Crippen molar-refractivity contribution in [2.45, 2.75) is 32.2 Å². The van der Waals surface area contributed by atoms with Crippen LogP contribution in [0.3, 0.4) is 0 Å². The summed E-state index contributed by atoms with van der Waals surface area (Å²) in [6.07, 6.45) is 3.43. The van der Waals surface area contributed by atoms with Crippen LogP contribution in [-0.4, -0.2) is 23.5 Å². The van der Waals surface area contributed by atoms with Gasteiger partial charge in [-0.15, -0.1) is 0 Å². The van der Waals surface area contributed by atoms with Crippen LogP contribution in [0, 0.1) is 0 Å². The Labute approximate surface area is 119 Å². The zero-order valence-corrected chi connectivity index (χ0v) is 11.8. The Bertz CT molecular complexity index is 618. The van der Waals surface area contributed by atoms with Crippen molar-refractivity contribution in [3.63, 3.8) is 0 Å². The molecule has 1 atom stereocenters. The van der Waals surface area contributed by atoms with Crippen LogP contribution in [-0.2, 0) is 0 Å². The van der Waals surface area contributed by atoms with Crippen molar-refractivity contribution in [3.05, 3.63) is 42.5 Å². The van der Waals surface area contributed by atoms with Gasteiger partial charge in [0.25, 0.3) is 0 Å². The van der Waals surface area contributed by atoms with Gasteiger partial charge in [0.05, 0.1) is 5.69 Å². The van der Waals surface area contributed by atoms with Gasteiger partial charge in [-0.1, -0.05) is 36.4 Å². The molecule has 0 aromatic heterocycles. The third-order valence-corrected chi connectivity index (χ3v) is 4.10. The number of amides is 2. The Balaban J connectivity index is 1.84. The summed E-state index contributed by atoms with van der Waals surface area (Å²) in [7, 11) is 0. The second-order valence-electron chi connectivity index (χ2n) is 5.50. The molecule has 0 bridgehead atoms. The van der Waals surface area contributed by atoms with Crippen LogP contribution in [0.4, 0.5) is 10.5 Å². The highest BCUT2D eigenvalue weighted by Crippen LogP contribution is 2.24. The van der Waals surface area contributed by atoms with Gasteiger partial charge in [-0.05, 0) is 37.6 Å². The van der Waals surface area contributed by atoms with E-state index in [0.29, 0.717) is 6.04 Å². The number of anilines is 1. The fourth-order valence-electron chi connectivity index (χ4n) is 2.92. The number of nitrogens with zero attached hydrogens (tertiary/aromatic N) is 1. The third-order valence-electron chi connectivity index (χ3n) is 4.10. The molecule has 0 radical (unpaired) electrons. The number of fused-ring (bicyclic) bond motifs is 1. The smallest absolute Gasteiger partial charge is 0.322 e. The highest BCUT2D eigenvalue weighted by Gasteiger charge is 2.23. The van der Waals surface area contributed by atoms with Crippen LogP contribution in [0.5, 0.6) is 0 Å². The van der Waals surface area contributed by atoms with Gasteiger partial charge in [0, 0.05) is 18.0 Å². The second kappa shape index (κ2) is 5.53. The van der Waals surface area contributed by atoms with Crippen LogP contribution in [0.25, 0.3) is 10.8 Å². The predicted molar refractivity (Wildman–Crippen MR) is 83.0 cm³/mol. The molecule has 1 heterocycles. The van der Waals surface area contributed by atoms with Gasteiger partial charge in [0.2, 0.25) is 0 Å². The highest BCUT2D eigenvalue weighted by molar-refractivity contribution is 6.01. The molecule has 1 N–H and O–H groups in total. The molecular weight excluding hydrogens is 248 g/mol. The monoisotopic (exact) mass is 268 g/mol. The lowest BCUT2D eigenvalue weighted by Gasteiger charge is -2.33. The average Bonchev–Trinajstić information content (AvgIpc) is 2.48. The number of urea groups is 1. The van der Waals surface area contributed by atoms with Crippen molar-refractivity contribution in [1.29, 1.82) is 0 Å². The van der Waals surface area contributed by atoms with Crippen molar-refractivity contribution in [3.8, 4) is 0 Å². The fourth-order valence-corrected chi connectivity index (χ4v) is 2.92. The summed E-state index contributed by atoms with van der Waals surface area (Å²) in [6, 6.07) is 14.5. The number of likely N-dealkylation sites (tertiary alicyclic amines) is 1. The van der Waals surface area contributed by atoms with Crippen molar-refractivity contribution < 1.29 is 4.79 Å². The first kappa shape index (κ1) is 13.0. The molecule has 2 amide bonds. The van der Waals surface area contributed by atoms with E-state index in [0.717, 1.165) is 35.8 Å². The molecule has 1 saturated heterocycles. The molecule has 3 heteroatoms. The first-order valence-corrected chi connectivity index (χ1v) is 7.31. The number of piperidine rings is 1. The molecule has 2 aromatic rings. The Kier molecular flexibility index (Phi) is 3.59. The van der Waals surface area contributed by atoms with E-state index in [1.807, 2.05) is 35.2 Å². The summed E-state index contributed by atoms with van der Waals surface area (Å²) in [6.45, 7) is 2.99. The Hall–Kier alpha value is -2.03. The minimum atomic E-state index is 0.0218. The van der Waals surface area contributed by atoms with E-state index in [9.17, 15) is 4.79 Å². The molecule has 1 fully saturated rings. The minimum Gasteiger partial charge on any atom is -0.322 e. The maximum absolute atomic E-state index is 12.4. The lowest BCUT2D eigenvalue weighted by Crippen LogP contribution is -2.44. The lowest BCUT2D eigenvalue weighted by atomic mass is 10.0. The molecule has 20 heavy (non-hydrogen) atoms. The summed E-state index contributed by atoms with van der Waals surface area (Å²) < 4.78 is 0. The van der Waals surface area contributed by atoms with E-state index in [1.54, 1.807) is 0 Å². The highest BCUT2D eigenvalue weighted by atomic mass is 16.2. The van der Waals surface area contributed by atoms with Crippen molar-refractivity contribution in [2.24, 2.45) is 0 Å². The Morgan fingerprint density at radius 1 is 1.15 bits per heavy atom. The van der Waals surface area contributed by atoms with Gasteiger partial charge in [0.1, 0.15) is 0 Å². The summed E-state index contributed by atoms with van der Waals surface area (Å²) in [5.41, 5.74) is 0.894. The quantitative estimate of drug-likeness (QED) is 0.824. The normalized spacial score (nSPS) is 19.1. The van der Waals surface area contributed by atoms with E-state index in [2.05, 4.69) is 24.4 Å². The summed E-state index contributed by atoms with van der Waals surface area (Å²) in [5.74, 6) is 0. The van der Waals surface area contributed by atoms with Crippen molar-refractivity contribution in [1.82, 2.24) is 4.90 Å². The fraction of sp³-hybridized carbons (Fsp3) is 0.353. The van der Waals surface area contributed by atoms with Crippen molar-refractivity contribution >= 4 is 22.5 Å². The second-order valence-corrected chi connectivity index (χ2v) is 5.50. The van der Waals surface area contributed by atoms with Crippen LogP contribution >= 0.6 is 0 Å². The zero-order chi connectivity index (χ0) is 13.9. The van der Waals surface area contributed by atoms with E-state index in [-0.39, 0.29) is 6.03 Å². The predicted octanol–water partition coefficient (Wildman–Crippen LogP) is 4.25. The molecule has 2 aromatic carbocycles. The molecule has 1 aliphatic rings. The zero-order valence-electron chi connectivity index (χ0n) is 11.8. The van der Waals surface area contributed by atoms with Crippen LogP contribution in [0.15, 0.2) is 42.5 Å². The number of hydrogen-bond donors (Lipinski definition) is 1. The van der Waals surface area contributed by atoms with Gasteiger partial charge in [0.15, 0.2) is 0 Å². The van der Waals surface area contributed by atoms with Crippen LogP contribution < -0.4 is 5.32 Å². The number of nitrogens with one attached hydrogen (secondary N) is 1. The van der Waals surface area contributed by atoms with Crippen LogP contribution in [0.1, 0.15) is 26.2 Å². The van der Waals surface area contributed by atoms with Gasteiger partial charge in [-0.2, -0.15) is 0 Å². The Morgan fingerprint density at radius 2 is 1.95 bits per heavy atom. The molecule has 1 unspecified atom stereocenters. The number of rotatable bonds is 1. The molecule has 0 spiro atoms. The van der Waals surface area contributed by atoms with Gasteiger partial charge in [-0.3, -0.25) is 0 Å². The SMILES string of the molecule is CC1CCCCN1C(=O)Nc1cccc2ccccc12. The van der Waals surface area contributed by atoms with E-state index in [4.69, 9.17) is 0 Å². The van der Waals surface area contributed by atoms with Gasteiger partial charge >= 0.3 is 6.03 Å². The Morgan fingerprint density at radius 3 is 2.80 bits per heavy atom. The summed E-state index contributed by atoms with van der Waals surface area (Å²) in [4.78, 5) is 14.4. The standard InChI is InChI=1S/C17H20N2O/c1-13-7-4-5-12-19(13)17(20)18-16-11-6-9-14-8-2-3-10-15(14)16/h2-3,6,8-11,13H,4-5,7,12H2,1H3,(H,18,20). The number of carbonyl (C=O) groups excluding carboxylic acids is 1.